The predicted molar refractivity (Wildman–Crippen MR) is 96.2 cm³/mol. The zero-order valence-corrected chi connectivity index (χ0v) is 15.1. The van der Waals surface area contributed by atoms with E-state index in [1.807, 2.05) is 6.92 Å². The third-order valence-corrected chi connectivity index (χ3v) is 4.37. The van der Waals surface area contributed by atoms with E-state index < -0.39 is 0 Å². The van der Waals surface area contributed by atoms with E-state index in [1.165, 1.54) is 12.8 Å². The van der Waals surface area contributed by atoms with Crippen LogP contribution in [0.5, 0.6) is 0 Å². The first-order valence-corrected chi connectivity index (χ1v) is 9.31. The summed E-state index contributed by atoms with van der Waals surface area (Å²) in [6.07, 6.45) is 3.84. The molecule has 2 rings (SSSR count). The monoisotopic (exact) mass is 339 g/mol. The van der Waals surface area contributed by atoms with E-state index >= 15 is 0 Å². The first-order valence-electron chi connectivity index (χ1n) is 9.31. The molecule has 1 amide bonds. The Bertz CT molecular complexity index is 406. The minimum atomic E-state index is 0.0935. The fourth-order valence-corrected chi connectivity index (χ4v) is 2.45. The number of amides is 1. The van der Waals surface area contributed by atoms with E-state index in [2.05, 4.69) is 32.8 Å². The second kappa shape index (κ2) is 10.5. The van der Waals surface area contributed by atoms with Gasteiger partial charge in [0.05, 0.1) is 19.8 Å². The molecule has 0 spiro atoms. The van der Waals surface area contributed by atoms with Crippen LogP contribution >= 0.6 is 0 Å². The minimum absolute atomic E-state index is 0.0935. The molecule has 1 heterocycles. The number of ether oxygens (including phenoxy) is 1. The van der Waals surface area contributed by atoms with Gasteiger partial charge in [0.2, 0.25) is 5.91 Å². The van der Waals surface area contributed by atoms with Crippen molar-refractivity contribution in [3.63, 3.8) is 0 Å². The zero-order chi connectivity index (χ0) is 17.2. The Kier molecular flexibility index (Phi) is 8.32. The maximum absolute atomic E-state index is 11.8. The molecule has 0 bridgehead atoms. The van der Waals surface area contributed by atoms with E-state index in [0.717, 1.165) is 51.8 Å². The Labute approximate surface area is 145 Å². The second-order valence-electron chi connectivity index (χ2n) is 6.66. The van der Waals surface area contributed by atoms with Gasteiger partial charge in [0.1, 0.15) is 0 Å². The van der Waals surface area contributed by atoms with Crippen LogP contribution in [-0.4, -0.2) is 74.8 Å². The molecule has 1 saturated heterocycles. The molecule has 1 aliphatic carbocycles. The standard InChI is InChI=1S/C17H33N5O2/c1-3-14(2)20-16(23)6-7-18-17(21-15-4-5-15)19-8-9-22-10-12-24-13-11-22/h14-15H,3-13H2,1-2H3,(H,20,23)(H2,18,19,21). The highest BCUT2D eigenvalue weighted by molar-refractivity contribution is 5.81. The van der Waals surface area contributed by atoms with Crippen LogP contribution < -0.4 is 16.0 Å². The van der Waals surface area contributed by atoms with Gasteiger partial charge in [-0.1, -0.05) is 6.92 Å². The summed E-state index contributed by atoms with van der Waals surface area (Å²) in [5.74, 6) is 0.929. The van der Waals surface area contributed by atoms with Gasteiger partial charge in [-0.2, -0.15) is 0 Å². The number of nitrogens with zero attached hydrogens (tertiary/aromatic N) is 2. The molecule has 0 radical (unpaired) electrons. The molecule has 1 saturated carbocycles. The van der Waals surface area contributed by atoms with Gasteiger partial charge in [0.15, 0.2) is 5.96 Å². The van der Waals surface area contributed by atoms with E-state index in [0.29, 0.717) is 19.0 Å². The smallest absolute Gasteiger partial charge is 0.221 e. The summed E-state index contributed by atoms with van der Waals surface area (Å²) in [6.45, 7) is 10.0. The highest BCUT2D eigenvalue weighted by Gasteiger charge is 2.22. The maximum atomic E-state index is 11.8. The number of rotatable bonds is 9. The number of nitrogens with one attached hydrogen (secondary N) is 3. The topological polar surface area (TPSA) is 78.0 Å². The van der Waals surface area contributed by atoms with Crippen molar-refractivity contribution in [2.75, 3.05) is 45.9 Å². The van der Waals surface area contributed by atoms with E-state index in [-0.39, 0.29) is 11.9 Å². The lowest BCUT2D eigenvalue weighted by Crippen LogP contribution is -2.42. The predicted octanol–water partition coefficient (Wildman–Crippen LogP) is 0.321. The highest BCUT2D eigenvalue weighted by Crippen LogP contribution is 2.18. The summed E-state index contributed by atoms with van der Waals surface area (Å²) >= 11 is 0. The molecule has 0 aromatic heterocycles. The number of hydrogen-bond acceptors (Lipinski definition) is 4. The fraction of sp³-hybridized carbons (Fsp3) is 0.882. The molecule has 0 aromatic carbocycles. The Morgan fingerprint density at radius 1 is 1.33 bits per heavy atom. The lowest BCUT2D eigenvalue weighted by atomic mass is 10.2. The van der Waals surface area contributed by atoms with Crippen LogP contribution in [0.15, 0.2) is 4.99 Å². The third-order valence-electron chi connectivity index (χ3n) is 4.37. The van der Waals surface area contributed by atoms with E-state index in [1.54, 1.807) is 0 Å². The van der Waals surface area contributed by atoms with Gasteiger partial charge in [-0.25, -0.2) is 0 Å². The molecule has 3 N–H and O–H groups in total. The van der Waals surface area contributed by atoms with Crippen LogP contribution in [0.1, 0.15) is 39.5 Å². The fourth-order valence-electron chi connectivity index (χ4n) is 2.45. The summed E-state index contributed by atoms with van der Waals surface area (Å²) in [7, 11) is 0. The van der Waals surface area contributed by atoms with Crippen molar-refractivity contribution >= 4 is 11.9 Å². The molecule has 0 aromatic rings. The molecule has 7 heteroatoms. The Balaban J connectivity index is 1.67. The molecule has 138 valence electrons. The lowest BCUT2D eigenvalue weighted by molar-refractivity contribution is -0.121. The van der Waals surface area contributed by atoms with Gasteiger partial charge in [0, 0.05) is 44.7 Å². The first kappa shape index (κ1) is 19.0. The lowest BCUT2D eigenvalue weighted by Gasteiger charge is -2.25. The van der Waals surface area contributed by atoms with E-state index in [9.17, 15) is 4.79 Å². The van der Waals surface area contributed by atoms with Gasteiger partial charge in [-0.3, -0.25) is 14.7 Å². The molecular formula is C17H33N5O2. The van der Waals surface area contributed by atoms with Gasteiger partial charge in [0.25, 0.3) is 0 Å². The Hall–Kier alpha value is -1.34. The largest absolute Gasteiger partial charge is 0.379 e. The number of aliphatic imine (C=N–C) groups is 1. The first-order chi connectivity index (χ1) is 11.7. The average Bonchev–Trinajstić information content (AvgIpc) is 3.39. The average molecular weight is 339 g/mol. The number of hydrogen-bond donors (Lipinski definition) is 3. The van der Waals surface area contributed by atoms with Crippen LogP contribution in [0.25, 0.3) is 0 Å². The number of carbonyl (C=O) groups is 1. The summed E-state index contributed by atoms with van der Waals surface area (Å²) in [6, 6.07) is 0.789. The van der Waals surface area contributed by atoms with Crippen molar-refractivity contribution in [1.29, 1.82) is 0 Å². The second-order valence-corrected chi connectivity index (χ2v) is 6.66. The maximum Gasteiger partial charge on any atom is 0.221 e. The van der Waals surface area contributed by atoms with Gasteiger partial charge in [-0.05, 0) is 26.2 Å². The summed E-state index contributed by atoms with van der Waals surface area (Å²) in [5, 5.41) is 9.69. The minimum Gasteiger partial charge on any atom is -0.379 e. The molecule has 1 aliphatic heterocycles. The quantitative estimate of drug-likeness (QED) is 0.417. The van der Waals surface area contributed by atoms with Crippen molar-refractivity contribution < 1.29 is 9.53 Å². The third kappa shape index (κ3) is 7.97. The summed E-state index contributed by atoms with van der Waals surface area (Å²) in [4.78, 5) is 18.8. The normalized spacial score (nSPS) is 20.5. The van der Waals surface area contributed by atoms with Crippen LogP contribution in [-0.2, 0) is 9.53 Å². The van der Waals surface area contributed by atoms with Crippen molar-refractivity contribution in [2.45, 2.75) is 51.6 Å². The Morgan fingerprint density at radius 2 is 2.08 bits per heavy atom. The van der Waals surface area contributed by atoms with E-state index in [4.69, 9.17) is 4.74 Å². The molecule has 1 unspecified atom stereocenters. The summed E-state index contributed by atoms with van der Waals surface area (Å²) < 4.78 is 5.36. The SMILES string of the molecule is CCC(C)NC(=O)CCNC(=NCCN1CCOCC1)NC1CC1. The molecule has 7 nitrogen and oxygen atoms in total. The van der Waals surface area contributed by atoms with Crippen molar-refractivity contribution in [2.24, 2.45) is 4.99 Å². The Morgan fingerprint density at radius 3 is 2.75 bits per heavy atom. The van der Waals surface area contributed by atoms with Crippen molar-refractivity contribution in [3.8, 4) is 0 Å². The van der Waals surface area contributed by atoms with Crippen LogP contribution in [0.4, 0.5) is 0 Å². The molecule has 2 fully saturated rings. The van der Waals surface area contributed by atoms with Crippen molar-refractivity contribution in [3.05, 3.63) is 0 Å². The number of carbonyl (C=O) groups excluding carboxylic acids is 1. The molecule has 1 atom stereocenters. The van der Waals surface area contributed by atoms with Crippen LogP contribution in [0, 0.1) is 0 Å². The van der Waals surface area contributed by atoms with Crippen LogP contribution in [0.2, 0.25) is 0 Å². The van der Waals surface area contributed by atoms with Crippen LogP contribution in [0.3, 0.4) is 0 Å². The summed E-state index contributed by atoms with van der Waals surface area (Å²) in [5.41, 5.74) is 0. The highest BCUT2D eigenvalue weighted by atomic mass is 16.5. The number of morpholine rings is 1. The molecular weight excluding hydrogens is 306 g/mol. The molecule has 24 heavy (non-hydrogen) atoms. The van der Waals surface area contributed by atoms with Gasteiger partial charge in [-0.15, -0.1) is 0 Å². The zero-order valence-electron chi connectivity index (χ0n) is 15.1. The van der Waals surface area contributed by atoms with Gasteiger partial charge < -0.3 is 20.7 Å². The van der Waals surface area contributed by atoms with Gasteiger partial charge >= 0.3 is 0 Å². The number of guanidine groups is 1. The molecule has 2 aliphatic rings. The van der Waals surface area contributed by atoms with Crippen molar-refractivity contribution in [1.82, 2.24) is 20.9 Å².